The third-order valence-electron chi connectivity index (χ3n) is 6.71. The van der Waals surface area contributed by atoms with Crippen LogP contribution in [0.2, 0.25) is 0 Å². The number of rotatable bonds is 9. The minimum atomic E-state index is -1.65. The zero-order valence-corrected chi connectivity index (χ0v) is 24.8. The summed E-state index contributed by atoms with van der Waals surface area (Å²) in [5.74, 6) is -5.78. The summed E-state index contributed by atoms with van der Waals surface area (Å²) in [4.78, 5) is 93.7. The third kappa shape index (κ3) is 11.5. The Morgan fingerprint density at radius 3 is 2.35 bits per heavy atom. The van der Waals surface area contributed by atoms with Gasteiger partial charge in [-0.15, -0.1) is 0 Å². The molecule has 22 nitrogen and oxygen atoms in total. The molecule has 22 heteroatoms. The number of nitrogens with two attached hydrogens (primary N) is 5. The number of aliphatic hydroxyl groups is 1. The number of aliphatic hydroxyl groups excluding tert-OH is 1. The SMILES string of the molecule is NCCC[C@@H](N)C(=O)NC[C@@H]1NC(=O)[C@@H](CO)NC(=O)[C@H](N)CNC(=O)[C@H]([C@H]2CCN=C(N)N2)NC(=O)/C(=C/NC(N)=O)NC1=O. The zero-order chi connectivity index (χ0) is 34.4. The Labute approximate surface area is 262 Å². The number of nitrogens with zero attached hydrogens (tertiary/aromatic N) is 1. The first kappa shape index (κ1) is 37.1. The maximum absolute atomic E-state index is 13.4. The maximum Gasteiger partial charge on any atom is 0.316 e. The molecule has 1 saturated heterocycles. The number of amides is 8. The van der Waals surface area contributed by atoms with Gasteiger partial charge in [-0.05, 0) is 25.8 Å². The molecule has 0 radical (unpaired) electrons. The van der Waals surface area contributed by atoms with E-state index < -0.39 is 103 Å². The molecular weight excluding hydrogens is 612 g/mol. The predicted molar refractivity (Wildman–Crippen MR) is 160 cm³/mol. The number of guanidine groups is 1. The number of carbonyl (C=O) groups is 7. The van der Waals surface area contributed by atoms with Gasteiger partial charge in [0.25, 0.3) is 5.91 Å². The molecule has 0 aromatic heterocycles. The second kappa shape index (κ2) is 18.0. The molecule has 46 heavy (non-hydrogen) atoms. The van der Waals surface area contributed by atoms with E-state index in [0.717, 1.165) is 6.20 Å². The highest BCUT2D eigenvalue weighted by atomic mass is 16.3. The van der Waals surface area contributed by atoms with E-state index in [9.17, 15) is 38.7 Å². The summed E-state index contributed by atoms with van der Waals surface area (Å²) < 4.78 is 0. The smallest absolute Gasteiger partial charge is 0.316 e. The lowest BCUT2D eigenvalue weighted by atomic mass is 10.0. The van der Waals surface area contributed by atoms with E-state index in [1.54, 1.807) is 0 Å². The van der Waals surface area contributed by atoms with Crippen LogP contribution in [0, 0.1) is 0 Å². The molecule has 2 aliphatic heterocycles. The quantitative estimate of drug-likeness (QED) is 0.103. The molecule has 8 amide bonds. The number of urea groups is 1. The number of carbonyl (C=O) groups excluding carboxylic acids is 7. The third-order valence-corrected chi connectivity index (χ3v) is 6.71. The van der Waals surface area contributed by atoms with Crippen molar-refractivity contribution in [2.75, 3.05) is 32.8 Å². The van der Waals surface area contributed by atoms with Crippen LogP contribution in [0.15, 0.2) is 16.9 Å². The van der Waals surface area contributed by atoms with E-state index in [0.29, 0.717) is 6.42 Å². The Bertz CT molecular complexity index is 1230. The van der Waals surface area contributed by atoms with Gasteiger partial charge in [0, 0.05) is 25.8 Å². The topological polar surface area (TPSA) is 378 Å². The average Bonchev–Trinajstić information content (AvgIpc) is 3.02. The Kier molecular flexibility index (Phi) is 14.6. The zero-order valence-electron chi connectivity index (χ0n) is 24.8. The van der Waals surface area contributed by atoms with Crippen LogP contribution in [-0.2, 0) is 28.8 Å². The van der Waals surface area contributed by atoms with E-state index in [1.807, 2.05) is 5.32 Å². The van der Waals surface area contributed by atoms with Crippen molar-refractivity contribution in [3.8, 4) is 0 Å². The second-order valence-corrected chi connectivity index (χ2v) is 10.3. The summed E-state index contributed by atoms with van der Waals surface area (Å²) in [6.45, 7) is -1.51. The van der Waals surface area contributed by atoms with E-state index in [-0.39, 0.29) is 31.9 Å². The van der Waals surface area contributed by atoms with Crippen LogP contribution in [0.25, 0.3) is 0 Å². The minimum Gasteiger partial charge on any atom is -0.394 e. The van der Waals surface area contributed by atoms with Crippen LogP contribution in [-0.4, -0.2) is 122 Å². The molecule has 1 fully saturated rings. The number of hydrogen-bond acceptors (Lipinski definition) is 14. The number of aliphatic imine (C=N–C) groups is 1. The van der Waals surface area contributed by atoms with Gasteiger partial charge < -0.3 is 76.3 Å². The Hall–Kier alpha value is -5.06. The fourth-order valence-electron chi connectivity index (χ4n) is 4.14. The molecule has 0 aliphatic carbocycles. The highest BCUT2D eigenvalue weighted by Gasteiger charge is 2.35. The van der Waals surface area contributed by atoms with Crippen LogP contribution >= 0.6 is 0 Å². The van der Waals surface area contributed by atoms with E-state index in [2.05, 4.69) is 42.2 Å². The van der Waals surface area contributed by atoms with Gasteiger partial charge in [-0.3, -0.25) is 33.8 Å². The molecule has 2 heterocycles. The molecule has 0 aromatic rings. The molecule has 2 rings (SSSR count). The van der Waals surface area contributed by atoms with E-state index >= 15 is 0 Å². The minimum absolute atomic E-state index is 0.0144. The van der Waals surface area contributed by atoms with Gasteiger partial charge in [0.1, 0.15) is 29.9 Å². The lowest BCUT2D eigenvalue weighted by Gasteiger charge is -2.31. The number of primary amides is 1. The lowest BCUT2D eigenvalue weighted by molar-refractivity contribution is -0.134. The summed E-state index contributed by atoms with van der Waals surface area (Å²) in [6, 6.07) is -9.04. The molecule has 2 aliphatic rings. The van der Waals surface area contributed by atoms with E-state index in [1.165, 1.54) is 0 Å². The fraction of sp³-hybridized carbons (Fsp3) is 0.583. The van der Waals surface area contributed by atoms with Crippen molar-refractivity contribution < 1.29 is 38.7 Å². The van der Waals surface area contributed by atoms with Crippen LogP contribution in [0.1, 0.15) is 19.3 Å². The van der Waals surface area contributed by atoms with Gasteiger partial charge in [0.05, 0.1) is 18.7 Å². The Morgan fingerprint density at radius 2 is 1.72 bits per heavy atom. The van der Waals surface area contributed by atoms with Crippen LogP contribution in [0.4, 0.5) is 4.79 Å². The van der Waals surface area contributed by atoms with Crippen molar-refractivity contribution in [1.82, 2.24) is 42.5 Å². The number of hydrogen-bond donors (Lipinski definition) is 14. The molecule has 0 aromatic carbocycles. The molecule has 256 valence electrons. The van der Waals surface area contributed by atoms with Crippen LogP contribution in [0.3, 0.4) is 0 Å². The summed E-state index contributed by atoms with van der Waals surface area (Å²) >= 11 is 0. The molecule has 0 bridgehead atoms. The summed E-state index contributed by atoms with van der Waals surface area (Å²) in [5.41, 5.74) is 27.4. The molecule has 6 atom stereocenters. The van der Waals surface area contributed by atoms with Gasteiger partial charge in [0.15, 0.2) is 5.96 Å². The highest BCUT2D eigenvalue weighted by molar-refractivity contribution is 6.02. The predicted octanol–water partition coefficient (Wildman–Crippen LogP) is -8.62. The van der Waals surface area contributed by atoms with Crippen LogP contribution in [0.5, 0.6) is 0 Å². The van der Waals surface area contributed by atoms with Gasteiger partial charge in [0.2, 0.25) is 29.5 Å². The Balaban J connectivity index is 2.49. The van der Waals surface area contributed by atoms with Crippen molar-refractivity contribution in [2.45, 2.75) is 55.5 Å². The second-order valence-electron chi connectivity index (χ2n) is 10.3. The normalized spacial score (nSPS) is 26.6. The molecular formula is C24H42N14O8. The maximum atomic E-state index is 13.4. The lowest BCUT2D eigenvalue weighted by Crippen LogP contribution is -2.64. The molecule has 0 unspecified atom stereocenters. The average molecular weight is 655 g/mol. The molecule has 0 spiro atoms. The van der Waals surface area contributed by atoms with Gasteiger partial charge in [-0.25, -0.2) is 4.79 Å². The van der Waals surface area contributed by atoms with Crippen molar-refractivity contribution in [1.29, 1.82) is 0 Å². The van der Waals surface area contributed by atoms with Crippen molar-refractivity contribution in [3.05, 3.63) is 11.9 Å². The molecule has 19 N–H and O–H groups in total. The first-order valence-corrected chi connectivity index (χ1v) is 14.2. The van der Waals surface area contributed by atoms with Gasteiger partial charge in [-0.2, -0.15) is 0 Å². The standard InChI is InChI=1S/C24H42N14O8/c25-4-1-2-10(26)17(40)32-7-13-19(42)34-14(8-33-24(29)46)20(43)38-16(12-3-5-30-23(28)37-12)22(45)31-6-11(27)18(41)36-15(9-39)21(44)35-13/h8,10-13,15-16,39H,1-7,9,25-27H2,(H,31,45)(H,32,40)(H,34,42)(H,35,44)(H,36,41)(H,38,43)(H3,28,30,37)(H3,29,33,46)/b14-8-/t10-,11-,12-,13+,15-,16+/m1/s1. The first-order valence-electron chi connectivity index (χ1n) is 14.2. The molecule has 0 saturated carbocycles. The Morgan fingerprint density at radius 1 is 1.02 bits per heavy atom. The summed E-state index contributed by atoms with van der Waals surface area (Å²) in [5, 5.41) is 28.6. The van der Waals surface area contributed by atoms with Crippen molar-refractivity contribution in [3.63, 3.8) is 0 Å². The highest BCUT2D eigenvalue weighted by Crippen LogP contribution is 2.07. The summed E-state index contributed by atoms with van der Waals surface area (Å²) in [7, 11) is 0. The summed E-state index contributed by atoms with van der Waals surface area (Å²) in [6.07, 6.45) is 1.61. The van der Waals surface area contributed by atoms with Crippen LogP contribution < -0.4 is 71.2 Å². The van der Waals surface area contributed by atoms with Gasteiger partial charge in [-0.1, -0.05) is 0 Å². The van der Waals surface area contributed by atoms with Crippen molar-refractivity contribution >= 4 is 47.4 Å². The number of nitrogens with one attached hydrogen (secondary N) is 8. The van der Waals surface area contributed by atoms with E-state index in [4.69, 9.17) is 28.7 Å². The van der Waals surface area contributed by atoms with Gasteiger partial charge >= 0.3 is 6.03 Å². The first-order chi connectivity index (χ1) is 21.8. The fourth-order valence-corrected chi connectivity index (χ4v) is 4.14. The largest absolute Gasteiger partial charge is 0.394 e. The van der Waals surface area contributed by atoms with Crippen molar-refractivity contribution in [2.24, 2.45) is 33.7 Å². The monoisotopic (exact) mass is 654 g/mol.